The molecular formula is C24H25ClN4O3. The van der Waals surface area contributed by atoms with E-state index in [4.69, 9.17) is 21.3 Å². The van der Waals surface area contributed by atoms with Gasteiger partial charge < -0.3 is 9.84 Å². The maximum atomic E-state index is 12.4. The highest BCUT2D eigenvalue weighted by molar-refractivity contribution is 6.30. The largest absolute Gasteiger partial charge is 0.497 e. The summed E-state index contributed by atoms with van der Waals surface area (Å²) in [6.07, 6.45) is 0.461. The average Bonchev–Trinajstić information content (AvgIpc) is 3.07. The van der Waals surface area contributed by atoms with Crippen molar-refractivity contribution in [1.29, 1.82) is 0 Å². The highest BCUT2D eigenvalue weighted by Crippen LogP contribution is 2.38. The van der Waals surface area contributed by atoms with Crippen LogP contribution in [0.15, 0.2) is 47.5 Å². The molecule has 0 aliphatic carbocycles. The van der Waals surface area contributed by atoms with Crippen molar-refractivity contribution in [3.63, 3.8) is 0 Å². The van der Waals surface area contributed by atoms with Crippen molar-refractivity contribution in [2.45, 2.75) is 33.2 Å². The SMILES string of the molecule is COc1ccc2c(c1)C(c1ccc(Cl)cc1)=N[C@@H](C(CC(C)C)C(=O)O)c1nnc(C)n1-2. The van der Waals surface area contributed by atoms with E-state index >= 15 is 0 Å². The lowest BCUT2D eigenvalue weighted by molar-refractivity contribution is -0.143. The Bertz CT molecular complexity index is 1180. The van der Waals surface area contributed by atoms with Gasteiger partial charge in [0.25, 0.3) is 0 Å². The van der Waals surface area contributed by atoms with Gasteiger partial charge in [0.1, 0.15) is 17.6 Å². The van der Waals surface area contributed by atoms with Crippen molar-refractivity contribution in [2.24, 2.45) is 16.8 Å². The van der Waals surface area contributed by atoms with Crippen molar-refractivity contribution in [3.05, 3.63) is 70.3 Å². The van der Waals surface area contributed by atoms with E-state index in [1.54, 1.807) is 19.2 Å². The van der Waals surface area contributed by atoms with Gasteiger partial charge in [-0.1, -0.05) is 37.6 Å². The Hall–Kier alpha value is -3.19. The summed E-state index contributed by atoms with van der Waals surface area (Å²) in [7, 11) is 1.61. The van der Waals surface area contributed by atoms with E-state index in [1.807, 2.05) is 55.7 Å². The number of hydrogen-bond acceptors (Lipinski definition) is 5. The van der Waals surface area contributed by atoms with Crippen LogP contribution in [0.4, 0.5) is 0 Å². The summed E-state index contributed by atoms with van der Waals surface area (Å²) in [4.78, 5) is 17.4. The van der Waals surface area contributed by atoms with Gasteiger partial charge in [-0.15, -0.1) is 10.2 Å². The number of aryl methyl sites for hydroxylation is 1. The summed E-state index contributed by atoms with van der Waals surface area (Å²) >= 11 is 6.13. The first kappa shape index (κ1) is 22.0. The summed E-state index contributed by atoms with van der Waals surface area (Å²) in [5.74, 6) is 0.375. The number of aromatic nitrogens is 3. The van der Waals surface area contributed by atoms with Crippen LogP contribution in [0.5, 0.6) is 5.75 Å². The molecule has 4 rings (SSSR count). The summed E-state index contributed by atoms with van der Waals surface area (Å²) in [6.45, 7) is 5.87. The average molecular weight is 453 g/mol. The minimum absolute atomic E-state index is 0.175. The van der Waals surface area contributed by atoms with Gasteiger partial charge in [0.2, 0.25) is 0 Å². The topological polar surface area (TPSA) is 89.6 Å². The number of rotatable bonds is 6. The zero-order valence-corrected chi connectivity index (χ0v) is 19.2. The Morgan fingerprint density at radius 2 is 1.91 bits per heavy atom. The number of benzene rings is 2. The van der Waals surface area contributed by atoms with Crippen LogP contribution < -0.4 is 4.74 Å². The molecule has 0 radical (unpaired) electrons. The number of fused-ring (bicyclic) bond motifs is 3. The smallest absolute Gasteiger partial charge is 0.309 e. The van der Waals surface area contributed by atoms with Crippen LogP contribution >= 0.6 is 11.6 Å². The Kier molecular flexibility index (Phi) is 6.02. The van der Waals surface area contributed by atoms with Crippen molar-refractivity contribution in [2.75, 3.05) is 7.11 Å². The number of nitrogens with zero attached hydrogens (tertiary/aromatic N) is 4. The molecule has 1 aliphatic rings. The number of hydrogen-bond donors (Lipinski definition) is 1. The summed E-state index contributed by atoms with van der Waals surface area (Å²) in [6, 6.07) is 12.4. The number of halogens is 1. The third-order valence-corrected chi connectivity index (χ3v) is 5.88. The second-order valence-electron chi connectivity index (χ2n) is 8.33. The van der Waals surface area contributed by atoms with Gasteiger partial charge in [0.15, 0.2) is 5.82 Å². The summed E-state index contributed by atoms with van der Waals surface area (Å²) in [5.41, 5.74) is 3.14. The first-order valence-electron chi connectivity index (χ1n) is 10.5. The molecule has 1 aromatic heterocycles. The fraction of sp³-hybridized carbons (Fsp3) is 0.333. The molecule has 0 saturated carbocycles. The number of aliphatic carboxylic acids is 1. The van der Waals surface area contributed by atoms with Crippen molar-refractivity contribution >= 4 is 23.3 Å². The van der Waals surface area contributed by atoms with Crippen LogP contribution in [0, 0.1) is 18.8 Å². The molecular weight excluding hydrogens is 428 g/mol. The van der Waals surface area contributed by atoms with Gasteiger partial charge >= 0.3 is 5.97 Å². The number of aliphatic imine (C=N–C) groups is 1. The summed E-state index contributed by atoms with van der Waals surface area (Å²) in [5, 5.41) is 19.4. The predicted octanol–water partition coefficient (Wildman–Crippen LogP) is 4.88. The highest BCUT2D eigenvalue weighted by atomic mass is 35.5. The second-order valence-corrected chi connectivity index (χ2v) is 8.76. The quantitative estimate of drug-likeness (QED) is 0.575. The molecule has 1 N–H and O–H groups in total. The van der Waals surface area contributed by atoms with Gasteiger partial charge in [-0.05, 0) is 49.6 Å². The standard InChI is InChI=1S/C24H25ClN4O3/c1-13(2)11-19(24(30)31)22-23-28-27-14(3)29(23)20-10-9-17(32-4)12-18(20)21(26-22)15-5-7-16(25)8-6-15/h5-10,12-13,19,22H,11H2,1-4H3,(H,30,31)/t19?,22-/m0/s1. The van der Waals surface area contributed by atoms with Crippen molar-refractivity contribution < 1.29 is 14.6 Å². The molecule has 0 saturated heterocycles. The molecule has 2 atom stereocenters. The van der Waals surface area contributed by atoms with E-state index in [0.29, 0.717) is 34.6 Å². The third-order valence-electron chi connectivity index (χ3n) is 5.62. The molecule has 0 spiro atoms. The van der Waals surface area contributed by atoms with Crippen LogP contribution in [0.1, 0.15) is 49.1 Å². The summed E-state index contributed by atoms with van der Waals surface area (Å²) < 4.78 is 7.38. The van der Waals surface area contributed by atoms with Crippen LogP contribution in [0.2, 0.25) is 5.02 Å². The van der Waals surface area contributed by atoms with Crippen molar-refractivity contribution in [1.82, 2.24) is 14.8 Å². The monoisotopic (exact) mass is 452 g/mol. The zero-order valence-electron chi connectivity index (χ0n) is 18.4. The van der Waals surface area contributed by atoms with E-state index in [-0.39, 0.29) is 5.92 Å². The molecule has 32 heavy (non-hydrogen) atoms. The van der Waals surface area contributed by atoms with Gasteiger partial charge in [-0.3, -0.25) is 14.4 Å². The molecule has 1 unspecified atom stereocenters. The third kappa shape index (κ3) is 4.00. The molecule has 0 fully saturated rings. The fourth-order valence-corrected chi connectivity index (χ4v) is 4.27. The van der Waals surface area contributed by atoms with Crippen LogP contribution in [-0.2, 0) is 4.79 Å². The lowest BCUT2D eigenvalue weighted by Crippen LogP contribution is -2.25. The first-order chi connectivity index (χ1) is 15.3. The number of carbonyl (C=O) groups is 1. The van der Waals surface area contributed by atoms with Crippen LogP contribution in [0.3, 0.4) is 0 Å². The minimum atomic E-state index is -0.904. The molecule has 2 aromatic carbocycles. The first-order valence-corrected chi connectivity index (χ1v) is 10.8. The molecule has 166 valence electrons. The number of carboxylic acid groups (broad SMARTS) is 1. The highest BCUT2D eigenvalue weighted by Gasteiger charge is 2.37. The van der Waals surface area contributed by atoms with Crippen LogP contribution in [-0.4, -0.2) is 38.7 Å². The maximum Gasteiger partial charge on any atom is 0.309 e. The molecule has 7 nitrogen and oxygen atoms in total. The Morgan fingerprint density at radius 3 is 2.53 bits per heavy atom. The normalized spacial score (nSPS) is 16.1. The van der Waals surface area contributed by atoms with E-state index < -0.39 is 17.9 Å². The predicted molar refractivity (Wildman–Crippen MR) is 123 cm³/mol. The molecule has 3 aromatic rings. The van der Waals surface area contributed by atoms with Gasteiger partial charge in [-0.2, -0.15) is 0 Å². The number of ether oxygens (including phenoxy) is 1. The zero-order chi connectivity index (χ0) is 23.0. The molecule has 2 heterocycles. The minimum Gasteiger partial charge on any atom is -0.497 e. The van der Waals surface area contributed by atoms with Gasteiger partial charge in [-0.25, -0.2) is 0 Å². The van der Waals surface area contributed by atoms with E-state index in [1.165, 1.54) is 0 Å². The van der Waals surface area contributed by atoms with E-state index in [0.717, 1.165) is 16.8 Å². The Labute approximate surface area is 191 Å². The van der Waals surface area contributed by atoms with Crippen molar-refractivity contribution in [3.8, 4) is 11.4 Å². The Morgan fingerprint density at radius 1 is 1.19 bits per heavy atom. The molecule has 0 amide bonds. The van der Waals surface area contributed by atoms with E-state index in [2.05, 4.69) is 10.2 Å². The molecule has 0 bridgehead atoms. The number of methoxy groups -OCH3 is 1. The molecule has 8 heteroatoms. The molecule has 1 aliphatic heterocycles. The fourth-order valence-electron chi connectivity index (χ4n) is 4.14. The number of carboxylic acids is 1. The maximum absolute atomic E-state index is 12.4. The lowest BCUT2D eigenvalue weighted by atomic mass is 9.90. The van der Waals surface area contributed by atoms with Crippen LogP contribution in [0.25, 0.3) is 5.69 Å². The second kappa shape index (κ2) is 8.74. The van der Waals surface area contributed by atoms with Gasteiger partial charge in [0, 0.05) is 16.1 Å². The van der Waals surface area contributed by atoms with Gasteiger partial charge in [0.05, 0.1) is 24.4 Å². The van der Waals surface area contributed by atoms with E-state index in [9.17, 15) is 9.90 Å². The Balaban J connectivity index is 2.03. The lowest BCUT2D eigenvalue weighted by Gasteiger charge is -2.21.